The summed E-state index contributed by atoms with van der Waals surface area (Å²) in [7, 11) is 2.37. The topological polar surface area (TPSA) is 55.4 Å². The van der Waals surface area contributed by atoms with Crippen LogP contribution in [0.2, 0.25) is 0 Å². The Morgan fingerprint density at radius 3 is 1.41 bits per heavy atom. The number of hydrogen-bond donors (Lipinski definition) is 0. The molecular formula is C37H51O6P. The maximum absolute atomic E-state index is 7.20. The summed E-state index contributed by atoms with van der Waals surface area (Å²) in [5.41, 5.74) is 2.22. The van der Waals surface area contributed by atoms with Gasteiger partial charge < -0.3 is 28.2 Å². The minimum atomic E-state index is -0.883. The van der Waals surface area contributed by atoms with Gasteiger partial charge in [-0.3, -0.25) is 0 Å². The van der Waals surface area contributed by atoms with E-state index in [-0.39, 0.29) is 12.7 Å². The zero-order valence-electron chi connectivity index (χ0n) is 26.6. The highest BCUT2D eigenvalue weighted by atomic mass is 31.0. The van der Waals surface area contributed by atoms with Crippen LogP contribution in [0.4, 0.5) is 0 Å². The number of hydrogen-bond acceptors (Lipinski definition) is 6. The Bertz CT molecular complexity index is 1070. The Morgan fingerprint density at radius 2 is 1.00 bits per heavy atom. The van der Waals surface area contributed by atoms with Crippen molar-refractivity contribution in [1.29, 1.82) is 0 Å². The predicted molar refractivity (Wildman–Crippen MR) is 179 cm³/mol. The van der Waals surface area contributed by atoms with Crippen LogP contribution in [-0.4, -0.2) is 57.1 Å². The first-order valence-electron chi connectivity index (χ1n) is 16.4. The molecule has 0 aromatic heterocycles. The molecule has 0 N–H and O–H groups in total. The molecule has 1 fully saturated rings. The molecule has 7 heteroatoms. The standard InChI is InChI=1S/C37H51O6P/c1-4-7-25-38-33-32(42-36(43-44)35(40-27-9-6-3)34(33)39-26-8-5-2)28-41-37(29-19-13-10-14-20-29,30-21-15-11-16-22-30)31-23-17-12-18-24-31/h10-24,32-36H,4-9,25-28,44H2,1-3H3/t32?,33-,34?,35?,36+/m1/s1. The van der Waals surface area contributed by atoms with Gasteiger partial charge in [-0.1, -0.05) is 131 Å². The fraction of sp³-hybridized carbons (Fsp3) is 0.514. The summed E-state index contributed by atoms with van der Waals surface area (Å²) >= 11 is 0. The normalized spacial score (nSPS) is 22.2. The summed E-state index contributed by atoms with van der Waals surface area (Å²) in [6, 6.07) is 31.2. The van der Waals surface area contributed by atoms with Crippen molar-refractivity contribution in [3.8, 4) is 0 Å². The van der Waals surface area contributed by atoms with Crippen LogP contribution in [0.1, 0.15) is 76.0 Å². The van der Waals surface area contributed by atoms with Crippen LogP contribution in [-0.2, 0) is 33.8 Å². The van der Waals surface area contributed by atoms with E-state index in [2.05, 4.69) is 103 Å². The largest absolute Gasteiger partial charge is 0.373 e. The smallest absolute Gasteiger partial charge is 0.189 e. The fourth-order valence-corrected chi connectivity index (χ4v) is 5.98. The second-order valence-corrected chi connectivity index (χ2v) is 11.6. The molecule has 0 amide bonds. The first kappa shape index (κ1) is 34.7. The zero-order valence-corrected chi connectivity index (χ0v) is 27.8. The van der Waals surface area contributed by atoms with Gasteiger partial charge in [0.05, 0.1) is 6.61 Å². The minimum absolute atomic E-state index is 0.245. The van der Waals surface area contributed by atoms with Crippen molar-refractivity contribution >= 4 is 9.47 Å². The highest BCUT2D eigenvalue weighted by molar-refractivity contribution is 7.09. The Labute approximate surface area is 267 Å². The lowest BCUT2D eigenvalue weighted by molar-refractivity contribution is -0.305. The van der Waals surface area contributed by atoms with Gasteiger partial charge in [0.1, 0.15) is 30.0 Å². The highest BCUT2D eigenvalue weighted by Crippen LogP contribution is 2.41. The molecule has 44 heavy (non-hydrogen) atoms. The second kappa shape index (κ2) is 18.7. The van der Waals surface area contributed by atoms with Crippen molar-refractivity contribution in [2.24, 2.45) is 0 Å². The van der Waals surface area contributed by atoms with E-state index in [0.29, 0.717) is 19.8 Å². The SMILES string of the molecule is CCCCOC1C(OCCCC)[C@H](OCCCC)C(COC(c2ccccc2)(c2ccccc2)c2ccccc2)O[C@H]1OP. The van der Waals surface area contributed by atoms with Gasteiger partial charge in [0, 0.05) is 29.3 Å². The molecule has 1 heterocycles. The highest BCUT2D eigenvalue weighted by Gasteiger charge is 2.50. The van der Waals surface area contributed by atoms with Gasteiger partial charge in [-0.05, 0) is 36.0 Å². The molecule has 0 saturated carbocycles. The van der Waals surface area contributed by atoms with Crippen molar-refractivity contribution in [3.63, 3.8) is 0 Å². The van der Waals surface area contributed by atoms with Gasteiger partial charge in [-0.25, -0.2) is 0 Å². The molecular weight excluding hydrogens is 571 g/mol. The molecule has 6 nitrogen and oxygen atoms in total. The quantitative estimate of drug-likeness (QED) is 0.0766. The molecule has 3 aromatic rings. The van der Waals surface area contributed by atoms with Gasteiger partial charge in [0.15, 0.2) is 6.29 Å². The van der Waals surface area contributed by atoms with Crippen LogP contribution in [0.15, 0.2) is 91.0 Å². The minimum Gasteiger partial charge on any atom is -0.373 e. The molecule has 0 spiro atoms. The van der Waals surface area contributed by atoms with E-state index < -0.39 is 30.2 Å². The first-order chi connectivity index (χ1) is 21.7. The fourth-order valence-electron chi connectivity index (χ4n) is 5.76. The number of benzene rings is 3. The van der Waals surface area contributed by atoms with Crippen molar-refractivity contribution in [2.75, 3.05) is 26.4 Å². The first-order valence-corrected chi connectivity index (χ1v) is 16.8. The molecule has 240 valence electrons. The maximum atomic E-state index is 7.20. The zero-order chi connectivity index (χ0) is 31.0. The predicted octanol–water partition coefficient (Wildman–Crippen LogP) is 8.08. The molecule has 1 saturated heterocycles. The molecule has 1 aliphatic heterocycles. The van der Waals surface area contributed by atoms with Gasteiger partial charge in [0.25, 0.3) is 0 Å². The monoisotopic (exact) mass is 622 g/mol. The number of rotatable bonds is 19. The van der Waals surface area contributed by atoms with Crippen molar-refractivity contribution in [3.05, 3.63) is 108 Å². The third-order valence-electron chi connectivity index (χ3n) is 8.15. The summed E-state index contributed by atoms with van der Waals surface area (Å²) in [6.07, 6.45) is 3.63. The molecule has 1 aliphatic rings. The Balaban J connectivity index is 1.74. The summed E-state index contributed by atoms with van der Waals surface area (Å²) < 4.78 is 39.3. The van der Waals surface area contributed by atoms with Crippen LogP contribution in [0, 0.1) is 0 Å². The average molecular weight is 623 g/mol. The summed E-state index contributed by atoms with van der Waals surface area (Å²) in [5, 5.41) is 0. The Morgan fingerprint density at radius 1 is 0.591 bits per heavy atom. The van der Waals surface area contributed by atoms with E-state index in [0.717, 1.165) is 55.2 Å². The Kier molecular flexibility index (Phi) is 14.8. The third-order valence-corrected chi connectivity index (χ3v) is 8.42. The van der Waals surface area contributed by atoms with Crippen molar-refractivity contribution < 1.29 is 28.2 Å². The lowest BCUT2D eigenvalue weighted by Gasteiger charge is -2.46. The van der Waals surface area contributed by atoms with Gasteiger partial charge in [-0.2, -0.15) is 0 Å². The summed E-state index contributed by atoms with van der Waals surface area (Å²) in [6.45, 7) is 8.55. The Hall–Kier alpha value is -2.15. The van der Waals surface area contributed by atoms with E-state index >= 15 is 0 Å². The van der Waals surface area contributed by atoms with Crippen molar-refractivity contribution in [1.82, 2.24) is 0 Å². The van der Waals surface area contributed by atoms with Crippen LogP contribution < -0.4 is 0 Å². The molecule has 4 unspecified atom stereocenters. The summed E-state index contributed by atoms with van der Waals surface area (Å²) in [4.78, 5) is 0. The summed E-state index contributed by atoms with van der Waals surface area (Å²) in [5.74, 6) is 0. The molecule has 4 rings (SSSR count). The van der Waals surface area contributed by atoms with Gasteiger partial charge in [-0.15, -0.1) is 0 Å². The van der Waals surface area contributed by atoms with E-state index in [1.54, 1.807) is 0 Å². The molecule has 0 bridgehead atoms. The molecule has 6 atom stereocenters. The third kappa shape index (κ3) is 8.76. The van der Waals surface area contributed by atoms with Crippen LogP contribution in [0.3, 0.4) is 0 Å². The average Bonchev–Trinajstić information content (AvgIpc) is 3.08. The second-order valence-electron chi connectivity index (χ2n) is 11.3. The van der Waals surface area contributed by atoms with E-state index in [4.69, 9.17) is 28.2 Å². The van der Waals surface area contributed by atoms with Gasteiger partial charge >= 0.3 is 0 Å². The van der Waals surface area contributed by atoms with Crippen molar-refractivity contribution in [2.45, 2.75) is 95.6 Å². The van der Waals surface area contributed by atoms with Crippen LogP contribution in [0.25, 0.3) is 0 Å². The van der Waals surface area contributed by atoms with E-state index in [1.165, 1.54) is 0 Å². The molecule has 0 aliphatic carbocycles. The molecule has 0 radical (unpaired) electrons. The van der Waals surface area contributed by atoms with Crippen LogP contribution in [0.5, 0.6) is 0 Å². The lowest BCUT2D eigenvalue weighted by Crippen LogP contribution is -2.62. The van der Waals surface area contributed by atoms with E-state index in [9.17, 15) is 0 Å². The van der Waals surface area contributed by atoms with Crippen LogP contribution >= 0.6 is 9.47 Å². The van der Waals surface area contributed by atoms with E-state index in [1.807, 2.05) is 18.2 Å². The maximum Gasteiger partial charge on any atom is 0.189 e. The number of ether oxygens (including phenoxy) is 5. The van der Waals surface area contributed by atoms with Gasteiger partial charge in [0.2, 0.25) is 0 Å². The lowest BCUT2D eigenvalue weighted by atomic mass is 9.80. The number of unbranched alkanes of at least 4 members (excludes halogenated alkanes) is 3. The molecule has 3 aromatic carbocycles.